The molecule has 5 N–H and O–H groups in total. The number of amides is 6. The number of piperazine rings is 1. The molecule has 5 aliphatic rings. The lowest BCUT2D eigenvalue weighted by molar-refractivity contribution is -0.158. The molecule has 0 aromatic carbocycles. The highest BCUT2D eigenvalue weighted by atomic mass is 16.5. The minimum atomic E-state index is -1.48. The third-order valence-electron chi connectivity index (χ3n) is 13.8. The molecule has 3 saturated carbocycles. The quantitative estimate of drug-likeness (QED) is 0.152. The first-order valence-electron chi connectivity index (χ1n) is 21.4. The van der Waals surface area contributed by atoms with E-state index in [1.165, 1.54) is 4.90 Å². The maximum absolute atomic E-state index is 14.8. The Morgan fingerprint density at radius 3 is 1.98 bits per heavy atom. The van der Waals surface area contributed by atoms with Crippen molar-refractivity contribution in [2.75, 3.05) is 33.2 Å². The summed E-state index contributed by atoms with van der Waals surface area (Å²) in [5.41, 5.74) is 3.93. The van der Waals surface area contributed by atoms with Gasteiger partial charge in [0.25, 0.3) is 11.8 Å². The van der Waals surface area contributed by atoms with Crippen LogP contribution < -0.4 is 21.7 Å². The van der Waals surface area contributed by atoms with E-state index in [-0.39, 0.29) is 35.6 Å². The SMILES string of the molecule is CN1CCN(C(=O)C(NC(=O)NC(OC(C)(C)C)C(=O)N2CC(C(C)(C)C3CCC3)C[C@H]2C(=O)NC(CC2CCC2)C(=O)C(N)=O)C2CCCCC2)C(C)(C)C1. The van der Waals surface area contributed by atoms with Gasteiger partial charge in [0.1, 0.15) is 12.1 Å². The van der Waals surface area contributed by atoms with Gasteiger partial charge in [0.15, 0.2) is 0 Å². The number of ketones is 1. The number of hydrogen-bond donors (Lipinski definition) is 4. The highest BCUT2D eigenvalue weighted by Gasteiger charge is 2.51. The third-order valence-corrected chi connectivity index (χ3v) is 13.8. The Morgan fingerprint density at radius 2 is 1.45 bits per heavy atom. The maximum Gasteiger partial charge on any atom is 0.317 e. The molecule has 14 nitrogen and oxygen atoms in total. The fraction of sp³-hybridized carbons (Fsp3) is 0.857. The van der Waals surface area contributed by atoms with Crippen LogP contribution in [0.3, 0.4) is 0 Å². The first-order chi connectivity index (χ1) is 26.2. The summed E-state index contributed by atoms with van der Waals surface area (Å²) in [7, 11) is 2.04. The van der Waals surface area contributed by atoms with Crippen molar-refractivity contribution < 1.29 is 33.5 Å². The summed E-state index contributed by atoms with van der Waals surface area (Å²) in [5, 5.41) is 8.62. The molecule has 0 bridgehead atoms. The van der Waals surface area contributed by atoms with E-state index in [4.69, 9.17) is 10.5 Å². The molecule has 3 aliphatic carbocycles. The Morgan fingerprint density at radius 1 is 0.804 bits per heavy atom. The number of nitrogens with two attached hydrogens (primary N) is 1. The summed E-state index contributed by atoms with van der Waals surface area (Å²) in [5.74, 6) is -2.63. The van der Waals surface area contributed by atoms with Crippen LogP contribution in [0.5, 0.6) is 0 Å². The predicted molar refractivity (Wildman–Crippen MR) is 213 cm³/mol. The van der Waals surface area contributed by atoms with Crippen molar-refractivity contribution in [1.29, 1.82) is 0 Å². The highest BCUT2D eigenvalue weighted by Crippen LogP contribution is 2.50. The number of Topliss-reactive ketones (excluding diaryl/α,β-unsaturated/α-hetero) is 1. The second-order valence-electron chi connectivity index (χ2n) is 19.9. The van der Waals surface area contributed by atoms with E-state index in [1.807, 2.05) is 25.8 Å². The zero-order valence-electron chi connectivity index (χ0n) is 35.4. The van der Waals surface area contributed by atoms with Gasteiger partial charge < -0.3 is 41.1 Å². The third kappa shape index (κ3) is 10.4. The van der Waals surface area contributed by atoms with Gasteiger partial charge in [-0.05, 0) is 109 Å². The van der Waals surface area contributed by atoms with E-state index in [2.05, 4.69) is 34.7 Å². The summed E-state index contributed by atoms with van der Waals surface area (Å²) in [4.78, 5) is 88.1. The molecule has 2 aliphatic heterocycles. The van der Waals surface area contributed by atoms with Gasteiger partial charge in [0, 0.05) is 26.2 Å². The van der Waals surface area contributed by atoms with Crippen molar-refractivity contribution >= 4 is 35.4 Å². The van der Waals surface area contributed by atoms with E-state index in [9.17, 15) is 28.8 Å². The number of carbonyl (C=O) groups excluding carboxylic acids is 6. The molecular weight excluding hydrogens is 715 g/mol. The van der Waals surface area contributed by atoms with Gasteiger partial charge in [-0.25, -0.2) is 4.79 Å². The smallest absolute Gasteiger partial charge is 0.317 e. The van der Waals surface area contributed by atoms with Crippen LogP contribution in [-0.2, 0) is 28.7 Å². The average molecular weight is 786 g/mol. The van der Waals surface area contributed by atoms with Gasteiger partial charge >= 0.3 is 6.03 Å². The number of nitrogens with zero attached hydrogens (tertiary/aromatic N) is 3. The monoisotopic (exact) mass is 786 g/mol. The molecular formula is C42H71N7O7. The number of likely N-dealkylation sites (tertiary alicyclic amines) is 1. The van der Waals surface area contributed by atoms with Crippen molar-refractivity contribution in [3.05, 3.63) is 0 Å². The van der Waals surface area contributed by atoms with Crippen molar-refractivity contribution in [3.63, 3.8) is 0 Å². The van der Waals surface area contributed by atoms with Gasteiger partial charge in [-0.15, -0.1) is 0 Å². The lowest BCUT2D eigenvalue weighted by atomic mass is 9.61. The van der Waals surface area contributed by atoms with Crippen LogP contribution in [0.25, 0.3) is 0 Å². The molecule has 0 spiro atoms. The summed E-state index contributed by atoms with van der Waals surface area (Å²) in [6.45, 7) is 16.1. The fourth-order valence-electron chi connectivity index (χ4n) is 9.86. The Balaban J connectivity index is 1.39. The van der Waals surface area contributed by atoms with Crippen molar-refractivity contribution in [2.45, 2.75) is 167 Å². The minimum absolute atomic E-state index is 0.0474. The molecule has 0 aromatic rings. The van der Waals surface area contributed by atoms with E-state index in [1.54, 1.807) is 20.8 Å². The van der Waals surface area contributed by atoms with Gasteiger partial charge in [0.2, 0.25) is 23.8 Å². The lowest BCUT2D eigenvalue weighted by Crippen LogP contribution is -2.66. The van der Waals surface area contributed by atoms with Crippen LogP contribution in [0.15, 0.2) is 0 Å². The molecule has 4 unspecified atom stereocenters. The molecule has 316 valence electrons. The first-order valence-corrected chi connectivity index (χ1v) is 21.4. The molecule has 56 heavy (non-hydrogen) atoms. The van der Waals surface area contributed by atoms with Gasteiger partial charge in [-0.3, -0.25) is 24.0 Å². The summed E-state index contributed by atoms with van der Waals surface area (Å²) >= 11 is 0. The van der Waals surface area contributed by atoms with Crippen molar-refractivity contribution in [1.82, 2.24) is 30.7 Å². The maximum atomic E-state index is 14.8. The molecule has 14 heteroatoms. The number of hydrogen-bond acceptors (Lipinski definition) is 8. The summed E-state index contributed by atoms with van der Waals surface area (Å²) in [6, 6.07) is -3.52. The molecule has 0 aromatic heterocycles. The van der Waals surface area contributed by atoms with Crippen LogP contribution in [0, 0.1) is 29.1 Å². The van der Waals surface area contributed by atoms with Gasteiger partial charge in [-0.1, -0.05) is 58.8 Å². The van der Waals surface area contributed by atoms with E-state index >= 15 is 0 Å². The van der Waals surface area contributed by atoms with Crippen LogP contribution >= 0.6 is 0 Å². The Bertz CT molecular complexity index is 1460. The Hall–Kier alpha value is -3.26. The van der Waals surface area contributed by atoms with E-state index in [0.717, 1.165) is 77.2 Å². The topological polar surface area (TPSA) is 183 Å². The lowest BCUT2D eigenvalue weighted by Gasteiger charge is -2.48. The van der Waals surface area contributed by atoms with Crippen LogP contribution in [-0.4, -0.2) is 119 Å². The Kier molecular flexibility index (Phi) is 13.9. The molecule has 2 heterocycles. The molecule has 2 saturated heterocycles. The summed E-state index contributed by atoms with van der Waals surface area (Å²) < 4.78 is 6.27. The highest BCUT2D eigenvalue weighted by molar-refractivity contribution is 6.37. The standard InChI is InChI=1S/C42H71N7O7/c1-40(2,3)56-36(46-39(55)45-32(27-16-10-9-11-17-27)37(53)49-21-20-47(8)25-41(49,4)5)38(54)48-24-29(42(6,7)28-18-13-19-28)23-31(48)35(52)44-30(33(50)34(43)51)22-26-14-12-15-26/h26-32,36H,9-25H2,1-8H3,(H2,43,51)(H,44,52)(H2,45,46,55)/t29?,30?,31-,32?,36?/m0/s1. The second kappa shape index (κ2) is 17.7. The fourth-order valence-corrected chi connectivity index (χ4v) is 9.86. The van der Waals surface area contributed by atoms with Crippen LogP contribution in [0.1, 0.15) is 132 Å². The number of primary amides is 1. The molecule has 5 atom stereocenters. The minimum Gasteiger partial charge on any atom is -0.363 e. The number of urea groups is 1. The Labute approximate surface area is 334 Å². The normalized spacial score (nSPS) is 25.6. The molecule has 6 amide bonds. The van der Waals surface area contributed by atoms with E-state index < -0.39 is 65.0 Å². The van der Waals surface area contributed by atoms with Gasteiger partial charge in [-0.2, -0.15) is 0 Å². The summed E-state index contributed by atoms with van der Waals surface area (Å²) in [6.07, 6.45) is 9.99. The number of ether oxygens (including phenoxy) is 1. The number of carbonyl (C=O) groups is 6. The predicted octanol–water partition coefficient (Wildman–Crippen LogP) is 3.70. The molecule has 0 radical (unpaired) electrons. The average Bonchev–Trinajstić information content (AvgIpc) is 3.52. The van der Waals surface area contributed by atoms with Crippen molar-refractivity contribution in [3.8, 4) is 0 Å². The first kappa shape index (κ1) is 43.9. The van der Waals surface area contributed by atoms with Crippen LogP contribution in [0.2, 0.25) is 0 Å². The molecule has 5 fully saturated rings. The van der Waals surface area contributed by atoms with Gasteiger partial charge in [0.05, 0.1) is 17.2 Å². The second-order valence-corrected chi connectivity index (χ2v) is 19.9. The number of nitrogens with one attached hydrogen (secondary N) is 3. The number of rotatable bonds is 14. The zero-order chi connectivity index (χ0) is 41.2. The van der Waals surface area contributed by atoms with E-state index in [0.29, 0.717) is 31.8 Å². The number of likely N-dealkylation sites (N-methyl/N-ethyl adjacent to an activating group) is 1. The van der Waals surface area contributed by atoms with Crippen LogP contribution in [0.4, 0.5) is 4.79 Å². The zero-order valence-corrected chi connectivity index (χ0v) is 35.4. The molecule has 5 rings (SSSR count). The van der Waals surface area contributed by atoms with Crippen molar-refractivity contribution in [2.24, 2.45) is 34.8 Å². The largest absolute Gasteiger partial charge is 0.363 e.